The molecule has 1 amide bonds. The Kier molecular flexibility index (Phi) is 7.85. The summed E-state index contributed by atoms with van der Waals surface area (Å²) in [6.07, 6.45) is 1.02. The highest BCUT2D eigenvalue weighted by molar-refractivity contribution is 9.10. The summed E-state index contributed by atoms with van der Waals surface area (Å²) >= 11 is 3.45. The van der Waals surface area contributed by atoms with E-state index in [0.29, 0.717) is 0 Å². The van der Waals surface area contributed by atoms with Crippen molar-refractivity contribution in [3.63, 3.8) is 0 Å². The Morgan fingerprint density at radius 3 is 2.25 bits per heavy atom. The van der Waals surface area contributed by atoms with E-state index in [1.807, 2.05) is 36.1 Å². The van der Waals surface area contributed by atoms with Crippen molar-refractivity contribution in [2.45, 2.75) is 27.2 Å². The minimum Gasteiger partial charge on any atom is -0.339 e. The molecule has 0 radical (unpaired) electrons. The van der Waals surface area contributed by atoms with Crippen molar-refractivity contribution in [1.29, 1.82) is 0 Å². The van der Waals surface area contributed by atoms with Gasteiger partial charge in [0.2, 0.25) is 0 Å². The predicted molar refractivity (Wildman–Crippen MR) is 88.1 cm³/mol. The molecular formula is C16H25BrN2O. The van der Waals surface area contributed by atoms with Crippen LogP contribution in [0, 0.1) is 0 Å². The molecule has 0 aliphatic rings. The molecule has 1 aromatic carbocycles. The number of hydrogen-bond acceptors (Lipinski definition) is 2. The predicted octanol–water partition coefficient (Wildman–Crippen LogP) is 3.64. The molecule has 0 atom stereocenters. The van der Waals surface area contributed by atoms with Crippen molar-refractivity contribution < 1.29 is 4.79 Å². The number of halogens is 1. The first-order chi connectivity index (χ1) is 9.63. The van der Waals surface area contributed by atoms with Gasteiger partial charge in [-0.05, 0) is 61.0 Å². The monoisotopic (exact) mass is 340 g/mol. The first kappa shape index (κ1) is 17.2. The normalized spacial score (nSPS) is 10.8. The fourth-order valence-electron chi connectivity index (χ4n) is 2.23. The van der Waals surface area contributed by atoms with Crippen LogP contribution in [0.2, 0.25) is 0 Å². The van der Waals surface area contributed by atoms with Gasteiger partial charge in [0.25, 0.3) is 5.91 Å². The molecule has 0 heterocycles. The highest BCUT2D eigenvalue weighted by Gasteiger charge is 2.16. The zero-order chi connectivity index (χ0) is 15.0. The van der Waals surface area contributed by atoms with E-state index in [4.69, 9.17) is 0 Å². The summed E-state index contributed by atoms with van der Waals surface area (Å²) in [6.45, 7) is 11.1. The first-order valence-corrected chi connectivity index (χ1v) is 8.19. The lowest BCUT2D eigenvalue weighted by molar-refractivity contribution is 0.0756. The Morgan fingerprint density at radius 1 is 1.05 bits per heavy atom. The molecular weight excluding hydrogens is 316 g/mol. The molecule has 0 saturated carbocycles. The summed E-state index contributed by atoms with van der Waals surface area (Å²) in [4.78, 5) is 16.8. The zero-order valence-electron chi connectivity index (χ0n) is 12.7. The third-order valence-electron chi connectivity index (χ3n) is 3.57. The van der Waals surface area contributed by atoms with Gasteiger partial charge < -0.3 is 9.80 Å². The Bertz CT molecular complexity index is 419. The number of hydrogen-bond donors (Lipinski definition) is 0. The van der Waals surface area contributed by atoms with Gasteiger partial charge in [-0.2, -0.15) is 0 Å². The Morgan fingerprint density at radius 2 is 1.70 bits per heavy atom. The molecule has 4 heteroatoms. The second-order valence-corrected chi connectivity index (χ2v) is 5.60. The van der Waals surface area contributed by atoms with Crippen LogP contribution in [0.3, 0.4) is 0 Å². The van der Waals surface area contributed by atoms with E-state index < -0.39 is 0 Å². The number of rotatable bonds is 8. The molecule has 20 heavy (non-hydrogen) atoms. The van der Waals surface area contributed by atoms with E-state index in [-0.39, 0.29) is 5.91 Å². The minimum atomic E-state index is 0.111. The van der Waals surface area contributed by atoms with Crippen LogP contribution in [0.4, 0.5) is 0 Å². The van der Waals surface area contributed by atoms with Crippen molar-refractivity contribution in [3.8, 4) is 0 Å². The zero-order valence-corrected chi connectivity index (χ0v) is 14.3. The summed E-state index contributed by atoms with van der Waals surface area (Å²) in [6, 6.07) is 7.62. The topological polar surface area (TPSA) is 23.6 Å². The molecule has 0 spiro atoms. The Hall–Kier alpha value is -0.870. The van der Waals surface area contributed by atoms with Gasteiger partial charge >= 0.3 is 0 Å². The van der Waals surface area contributed by atoms with Crippen LogP contribution >= 0.6 is 15.9 Å². The van der Waals surface area contributed by atoms with Crippen molar-refractivity contribution in [3.05, 3.63) is 34.3 Å². The standard InChI is InChI=1S/C16H25BrN2O/c1-4-18(5-2)12-9-13-19(6-3)16(20)14-10-7-8-11-15(14)17/h7-8,10-11H,4-6,9,12-13H2,1-3H3. The summed E-state index contributed by atoms with van der Waals surface area (Å²) in [5.74, 6) is 0.111. The van der Waals surface area contributed by atoms with Crippen LogP contribution in [0.15, 0.2) is 28.7 Å². The van der Waals surface area contributed by atoms with Gasteiger partial charge in [0.1, 0.15) is 0 Å². The van der Waals surface area contributed by atoms with Gasteiger partial charge in [0.15, 0.2) is 0 Å². The maximum Gasteiger partial charge on any atom is 0.254 e. The summed E-state index contributed by atoms with van der Waals surface area (Å²) in [7, 11) is 0. The molecule has 0 aliphatic heterocycles. The molecule has 3 nitrogen and oxygen atoms in total. The number of amides is 1. The number of carbonyl (C=O) groups excluding carboxylic acids is 1. The highest BCUT2D eigenvalue weighted by atomic mass is 79.9. The van der Waals surface area contributed by atoms with Crippen LogP contribution in [0.1, 0.15) is 37.6 Å². The summed E-state index contributed by atoms with van der Waals surface area (Å²) in [5, 5.41) is 0. The Labute approximate surface area is 131 Å². The number of benzene rings is 1. The van der Waals surface area contributed by atoms with Crippen LogP contribution in [-0.2, 0) is 0 Å². The van der Waals surface area contributed by atoms with Crippen molar-refractivity contribution >= 4 is 21.8 Å². The largest absolute Gasteiger partial charge is 0.339 e. The molecule has 1 aromatic rings. The third-order valence-corrected chi connectivity index (χ3v) is 4.26. The minimum absolute atomic E-state index is 0.111. The lowest BCUT2D eigenvalue weighted by Gasteiger charge is -2.24. The van der Waals surface area contributed by atoms with E-state index in [9.17, 15) is 4.79 Å². The van der Waals surface area contributed by atoms with Gasteiger partial charge in [-0.3, -0.25) is 4.79 Å². The van der Waals surface area contributed by atoms with Gasteiger partial charge in [0.05, 0.1) is 5.56 Å². The Balaban J connectivity index is 2.58. The second-order valence-electron chi connectivity index (χ2n) is 4.75. The van der Waals surface area contributed by atoms with E-state index in [1.165, 1.54) is 0 Å². The lowest BCUT2D eigenvalue weighted by atomic mass is 10.2. The SMILES string of the molecule is CCN(CC)CCCN(CC)C(=O)c1ccccc1Br. The molecule has 0 aliphatic carbocycles. The third kappa shape index (κ3) is 4.91. The quantitative estimate of drug-likeness (QED) is 0.721. The second kappa shape index (κ2) is 9.14. The number of nitrogens with zero attached hydrogens (tertiary/aromatic N) is 2. The first-order valence-electron chi connectivity index (χ1n) is 7.40. The van der Waals surface area contributed by atoms with Gasteiger partial charge in [-0.25, -0.2) is 0 Å². The average molecular weight is 341 g/mol. The molecule has 0 unspecified atom stereocenters. The van der Waals surface area contributed by atoms with Crippen LogP contribution in [0.5, 0.6) is 0 Å². The molecule has 1 rings (SSSR count). The van der Waals surface area contributed by atoms with Gasteiger partial charge in [-0.15, -0.1) is 0 Å². The van der Waals surface area contributed by atoms with Crippen LogP contribution in [0.25, 0.3) is 0 Å². The van der Waals surface area contributed by atoms with E-state index in [2.05, 4.69) is 34.7 Å². The molecule has 0 aromatic heterocycles. The average Bonchev–Trinajstić information content (AvgIpc) is 2.47. The molecule has 112 valence electrons. The van der Waals surface area contributed by atoms with Crippen molar-refractivity contribution in [1.82, 2.24) is 9.80 Å². The maximum absolute atomic E-state index is 12.5. The maximum atomic E-state index is 12.5. The fraction of sp³-hybridized carbons (Fsp3) is 0.562. The molecule has 0 bridgehead atoms. The van der Waals surface area contributed by atoms with Crippen LogP contribution in [-0.4, -0.2) is 48.4 Å². The molecule has 0 N–H and O–H groups in total. The molecule has 0 fully saturated rings. The van der Waals surface area contributed by atoms with Crippen LogP contribution < -0.4 is 0 Å². The van der Waals surface area contributed by atoms with Gasteiger partial charge in [0, 0.05) is 17.6 Å². The van der Waals surface area contributed by atoms with Gasteiger partial charge in [-0.1, -0.05) is 26.0 Å². The smallest absolute Gasteiger partial charge is 0.254 e. The van der Waals surface area contributed by atoms with Crippen molar-refractivity contribution in [2.24, 2.45) is 0 Å². The summed E-state index contributed by atoms with van der Waals surface area (Å²) < 4.78 is 0.868. The summed E-state index contributed by atoms with van der Waals surface area (Å²) in [5.41, 5.74) is 0.747. The van der Waals surface area contributed by atoms with E-state index in [0.717, 1.165) is 49.2 Å². The lowest BCUT2D eigenvalue weighted by Crippen LogP contribution is -2.34. The van der Waals surface area contributed by atoms with Crippen molar-refractivity contribution in [2.75, 3.05) is 32.7 Å². The highest BCUT2D eigenvalue weighted by Crippen LogP contribution is 2.18. The fourth-order valence-corrected chi connectivity index (χ4v) is 2.69. The van der Waals surface area contributed by atoms with E-state index in [1.54, 1.807) is 0 Å². The molecule has 0 saturated heterocycles. The number of carbonyl (C=O) groups is 1. The van der Waals surface area contributed by atoms with E-state index >= 15 is 0 Å².